The van der Waals surface area contributed by atoms with Crippen molar-refractivity contribution in [1.29, 1.82) is 0 Å². The van der Waals surface area contributed by atoms with Gasteiger partial charge >= 0.3 is 0 Å². The van der Waals surface area contributed by atoms with Crippen LogP contribution >= 0.6 is 24.2 Å². The number of anilines is 1. The first-order valence-electron chi connectivity index (χ1n) is 8.71. The number of rotatable bonds is 4. The van der Waals surface area contributed by atoms with Crippen LogP contribution in [0.2, 0.25) is 0 Å². The van der Waals surface area contributed by atoms with Gasteiger partial charge in [-0.05, 0) is 25.0 Å². The maximum atomic E-state index is 13.6. The van der Waals surface area contributed by atoms with Gasteiger partial charge in [-0.15, -0.1) is 12.4 Å². The minimum absolute atomic E-state index is 0. The lowest BCUT2D eigenvalue weighted by Crippen LogP contribution is -2.34. The predicted octanol–water partition coefficient (Wildman–Crippen LogP) is 4.45. The minimum Gasteiger partial charge on any atom is -0.350 e. The average Bonchev–Trinajstić information content (AvgIpc) is 2.92. The molecule has 0 bridgehead atoms. The molecule has 0 aromatic heterocycles. The van der Waals surface area contributed by atoms with Crippen LogP contribution in [-0.2, 0) is 4.79 Å². The van der Waals surface area contributed by atoms with Crippen molar-refractivity contribution in [2.75, 3.05) is 18.1 Å². The van der Waals surface area contributed by atoms with Gasteiger partial charge in [0, 0.05) is 31.3 Å². The third kappa shape index (κ3) is 5.33. The Kier molecular flexibility index (Phi) is 7.70. The van der Waals surface area contributed by atoms with Crippen molar-refractivity contribution >= 4 is 40.9 Å². The summed E-state index contributed by atoms with van der Waals surface area (Å²) in [5, 5.41) is 3.52. The summed E-state index contributed by atoms with van der Waals surface area (Å²) in [6.45, 7) is 0. The number of benzene rings is 1. The van der Waals surface area contributed by atoms with Crippen LogP contribution in [0.25, 0.3) is 0 Å². The number of thioether (sulfide) groups is 1. The molecule has 8 heteroatoms. The number of nitrogens with one attached hydrogen (secondary N) is 1. The van der Waals surface area contributed by atoms with Gasteiger partial charge in [-0.2, -0.15) is 0 Å². The third-order valence-corrected chi connectivity index (χ3v) is 5.95. The Bertz CT molecular complexity index is 668. The fourth-order valence-electron chi connectivity index (χ4n) is 3.24. The topological polar surface area (TPSA) is 44.7 Å². The van der Waals surface area contributed by atoms with Gasteiger partial charge in [0.2, 0.25) is 5.91 Å². The molecule has 1 aliphatic carbocycles. The minimum atomic E-state index is -0.762. The van der Waals surface area contributed by atoms with E-state index in [-0.39, 0.29) is 36.5 Å². The number of amides is 1. The van der Waals surface area contributed by atoms with Crippen LogP contribution in [0.4, 0.5) is 14.5 Å². The monoisotopic (exact) mass is 403 g/mol. The number of hydrogen-bond donors (Lipinski definition) is 1. The molecule has 0 radical (unpaired) electrons. The molecule has 1 saturated carbocycles. The van der Waals surface area contributed by atoms with Gasteiger partial charge in [0.25, 0.3) is 0 Å². The van der Waals surface area contributed by atoms with E-state index in [4.69, 9.17) is 4.99 Å². The number of aliphatic imine (C=N–C) groups is 1. The fraction of sp³-hybridized carbons (Fsp3) is 0.556. The molecule has 1 aromatic carbocycles. The highest BCUT2D eigenvalue weighted by Crippen LogP contribution is 2.28. The van der Waals surface area contributed by atoms with Gasteiger partial charge in [0.1, 0.15) is 11.6 Å². The first kappa shape index (κ1) is 21.0. The zero-order chi connectivity index (χ0) is 17.8. The molecule has 1 amide bonds. The van der Waals surface area contributed by atoms with E-state index in [1.807, 2.05) is 7.05 Å². The summed E-state index contributed by atoms with van der Waals surface area (Å²) in [5.74, 6) is -0.906. The number of hydrogen-bond acceptors (Lipinski definition) is 3. The first-order valence-corrected chi connectivity index (χ1v) is 9.70. The molecular weight excluding hydrogens is 380 g/mol. The Hall–Kier alpha value is -1.34. The Morgan fingerprint density at radius 1 is 1.31 bits per heavy atom. The van der Waals surface area contributed by atoms with Crippen molar-refractivity contribution in [1.82, 2.24) is 4.90 Å². The van der Waals surface area contributed by atoms with Crippen molar-refractivity contribution in [2.45, 2.75) is 50.6 Å². The van der Waals surface area contributed by atoms with Gasteiger partial charge in [-0.25, -0.2) is 8.78 Å². The molecule has 1 saturated heterocycles. The average molecular weight is 404 g/mol. The van der Waals surface area contributed by atoms with Crippen LogP contribution in [0, 0.1) is 11.6 Å². The Labute approximate surface area is 163 Å². The summed E-state index contributed by atoms with van der Waals surface area (Å²) in [6, 6.07) is 3.58. The van der Waals surface area contributed by atoms with E-state index in [1.165, 1.54) is 25.3 Å². The SMILES string of the molecule is CN1/C(=N/C2CCCCC2)SCC1CC(=O)Nc1ccc(F)cc1F.Cl. The van der Waals surface area contributed by atoms with Crippen LogP contribution in [-0.4, -0.2) is 40.9 Å². The molecule has 0 spiro atoms. The lowest BCUT2D eigenvalue weighted by Gasteiger charge is -2.23. The second-order valence-electron chi connectivity index (χ2n) is 6.66. The molecule has 2 aliphatic rings. The van der Waals surface area contributed by atoms with Crippen LogP contribution in [0.1, 0.15) is 38.5 Å². The second kappa shape index (κ2) is 9.55. The second-order valence-corrected chi connectivity index (χ2v) is 7.64. The largest absolute Gasteiger partial charge is 0.350 e. The number of nitrogens with zero attached hydrogens (tertiary/aromatic N) is 2. The molecule has 1 aromatic rings. The van der Waals surface area contributed by atoms with Crippen molar-refractivity contribution in [3.8, 4) is 0 Å². The molecule has 26 heavy (non-hydrogen) atoms. The summed E-state index contributed by atoms with van der Waals surface area (Å²) < 4.78 is 26.6. The van der Waals surface area contributed by atoms with Crippen molar-refractivity contribution < 1.29 is 13.6 Å². The fourth-order valence-corrected chi connectivity index (χ4v) is 4.50. The van der Waals surface area contributed by atoms with Gasteiger partial charge in [-0.3, -0.25) is 9.79 Å². The molecule has 144 valence electrons. The van der Waals surface area contributed by atoms with Crippen molar-refractivity contribution in [2.24, 2.45) is 4.99 Å². The summed E-state index contributed by atoms with van der Waals surface area (Å²) in [7, 11) is 1.96. The lowest BCUT2D eigenvalue weighted by atomic mass is 9.96. The zero-order valence-electron chi connectivity index (χ0n) is 14.7. The molecule has 1 N–H and O–H groups in total. The smallest absolute Gasteiger partial charge is 0.226 e. The maximum absolute atomic E-state index is 13.6. The van der Waals surface area contributed by atoms with Crippen molar-refractivity contribution in [3.63, 3.8) is 0 Å². The molecule has 1 atom stereocenters. The molecule has 2 fully saturated rings. The molecule has 1 heterocycles. The van der Waals surface area contributed by atoms with Crippen molar-refractivity contribution in [3.05, 3.63) is 29.8 Å². The highest BCUT2D eigenvalue weighted by atomic mass is 35.5. The Morgan fingerprint density at radius 3 is 2.73 bits per heavy atom. The van der Waals surface area contributed by atoms with E-state index in [9.17, 15) is 13.6 Å². The number of amidine groups is 1. The molecular formula is C18H24ClF2N3OS. The lowest BCUT2D eigenvalue weighted by molar-refractivity contribution is -0.116. The zero-order valence-corrected chi connectivity index (χ0v) is 16.3. The van der Waals surface area contributed by atoms with E-state index in [1.54, 1.807) is 11.8 Å². The number of carbonyl (C=O) groups is 1. The van der Waals surface area contributed by atoms with Crippen LogP contribution in [0.3, 0.4) is 0 Å². The number of halogens is 3. The maximum Gasteiger partial charge on any atom is 0.226 e. The molecule has 1 aliphatic heterocycles. The van der Waals surface area contributed by atoms with Crippen LogP contribution in [0.15, 0.2) is 23.2 Å². The molecule has 3 rings (SSSR count). The quantitative estimate of drug-likeness (QED) is 0.807. The standard InChI is InChI=1S/C18H23F2N3OS.ClH/c1-23-14(11-25-18(23)21-13-5-3-2-4-6-13)10-17(24)22-16-8-7-12(19)9-15(16)20;/h7-9,13-14H,2-6,10-11H2,1H3,(H,22,24);1H/b21-18-;. The van der Waals surface area contributed by atoms with Gasteiger partial charge in [0.15, 0.2) is 5.17 Å². The Morgan fingerprint density at radius 2 is 2.04 bits per heavy atom. The van der Waals surface area contributed by atoms with Gasteiger partial charge in [-0.1, -0.05) is 31.0 Å². The van der Waals surface area contributed by atoms with E-state index < -0.39 is 11.6 Å². The highest BCUT2D eigenvalue weighted by molar-refractivity contribution is 8.14. The Balaban J connectivity index is 0.00000243. The van der Waals surface area contributed by atoms with E-state index in [0.29, 0.717) is 6.04 Å². The summed E-state index contributed by atoms with van der Waals surface area (Å²) >= 11 is 1.68. The number of carbonyl (C=O) groups excluding carboxylic acids is 1. The van der Waals surface area contributed by atoms with Crippen LogP contribution in [0.5, 0.6) is 0 Å². The summed E-state index contributed by atoms with van der Waals surface area (Å²) in [5.41, 5.74) is 0.01000. The normalized spacial score (nSPS) is 22.3. The molecule has 1 unspecified atom stereocenters. The predicted molar refractivity (Wildman–Crippen MR) is 105 cm³/mol. The first-order chi connectivity index (χ1) is 12.0. The molecule has 4 nitrogen and oxygen atoms in total. The van der Waals surface area contributed by atoms with Gasteiger partial charge < -0.3 is 10.2 Å². The van der Waals surface area contributed by atoms with Crippen LogP contribution < -0.4 is 5.32 Å². The summed E-state index contributed by atoms with van der Waals surface area (Å²) in [4.78, 5) is 19.1. The third-order valence-electron chi connectivity index (χ3n) is 4.75. The highest BCUT2D eigenvalue weighted by Gasteiger charge is 2.30. The van der Waals surface area contributed by atoms with E-state index in [0.717, 1.165) is 35.9 Å². The van der Waals surface area contributed by atoms with E-state index in [2.05, 4.69) is 10.2 Å². The summed E-state index contributed by atoms with van der Waals surface area (Å²) in [6.07, 6.45) is 6.33. The van der Waals surface area contributed by atoms with E-state index >= 15 is 0 Å². The van der Waals surface area contributed by atoms with Gasteiger partial charge in [0.05, 0.1) is 11.7 Å².